The van der Waals surface area contributed by atoms with Gasteiger partial charge in [0.15, 0.2) is 0 Å². The minimum absolute atomic E-state index is 0.0311. The van der Waals surface area contributed by atoms with Crippen molar-refractivity contribution in [1.29, 1.82) is 5.26 Å². The molecular weight excluding hydrogens is 551 g/mol. The Hall–Kier alpha value is -3.30. The molecule has 0 saturated carbocycles. The number of alkyl halides is 3. The van der Waals surface area contributed by atoms with Gasteiger partial charge in [-0.05, 0) is 23.8 Å². The SMILES string of the molecule is COC(=O)[C@@H]1C(=O)NC(SCC(=O)Nc2ccc(Br)cc2C(F)(F)F)=C(C#N)[C@H]1c1ccccc1. The summed E-state index contributed by atoms with van der Waals surface area (Å²) in [5, 5.41) is 14.6. The number of ether oxygens (including phenoxy) is 1. The number of benzene rings is 2. The van der Waals surface area contributed by atoms with Crippen molar-refractivity contribution in [2.45, 2.75) is 12.1 Å². The summed E-state index contributed by atoms with van der Waals surface area (Å²) >= 11 is 3.74. The van der Waals surface area contributed by atoms with Crippen molar-refractivity contribution in [2.24, 2.45) is 5.92 Å². The van der Waals surface area contributed by atoms with Gasteiger partial charge in [-0.1, -0.05) is 58.0 Å². The van der Waals surface area contributed by atoms with E-state index in [1.807, 2.05) is 6.07 Å². The topological polar surface area (TPSA) is 108 Å². The number of hydrogen-bond donors (Lipinski definition) is 2. The molecule has 35 heavy (non-hydrogen) atoms. The van der Waals surface area contributed by atoms with Gasteiger partial charge < -0.3 is 15.4 Å². The van der Waals surface area contributed by atoms with E-state index in [1.54, 1.807) is 30.3 Å². The largest absolute Gasteiger partial charge is 0.468 e. The normalized spacial score (nSPS) is 17.9. The van der Waals surface area contributed by atoms with Crippen LogP contribution in [0.25, 0.3) is 0 Å². The number of nitriles is 1. The Morgan fingerprint density at radius 2 is 1.91 bits per heavy atom. The smallest absolute Gasteiger partial charge is 0.418 e. The van der Waals surface area contributed by atoms with E-state index in [-0.39, 0.29) is 15.1 Å². The maximum Gasteiger partial charge on any atom is 0.418 e. The first kappa shape index (κ1) is 26.3. The van der Waals surface area contributed by atoms with E-state index in [0.29, 0.717) is 5.56 Å². The van der Waals surface area contributed by atoms with Crippen LogP contribution in [-0.2, 0) is 25.3 Å². The molecule has 0 bridgehead atoms. The van der Waals surface area contributed by atoms with E-state index < -0.39 is 52.8 Å². The molecule has 0 unspecified atom stereocenters. The van der Waals surface area contributed by atoms with Gasteiger partial charge in [0.1, 0.15) is 5.92 Å². The Morgan fingerprint density at radius 1 is 1.23 bits per heavy atom. The summed E-state index contributed by atoms with van der Waals surface area (Å²) < 4.78 is 44.9. The highest BCUT2D eigenvalue weighted by atomic mass is 79.9. The zero-order valence-electron chi connectivity index (χ0n) is 18.0. The van der Waals surface area contributed by atoms with Crippen LogP contribution in [0.5, 0.6) is 0 Å². The average Bonchev–Trinajstić information content (AvgIpc) is 2.82. The number of carbonyl (C=O) groups excluding carboxylic acids is 3. The summed E-state index contributed by atoms with van der Waals surface area (Å²) in [6.45, 7) is 0. The van der Waals surface area contributed by atoms with Crippen LogP contribution in [0.4, 0.5) is 18.9 Å². The van der Waals surface area contributed by atoms with Crippen molar-refractivity contribution < 1.29 is 32.3 Å². The molecular formula is C23H17BrF3N3O4S. The van der Waals surface area contributed by atoms with E-state index >= 15 is 0 Å². The minimum Gasteiger partial charge on any atom is -0.468 e. The number of carbonyl (C=O) groups is 3. The van der Waals surface area contributed by atoms with E-state index in [9.17, 15) is 32.8 Å². The third kappa shape index (κ3) is 6.04. The summed E-state index contributed by atoms with van der Waals surface area (Å²) in [5.74, 6) is -5.03. The van der Waals surface area contributed by atoms with E-state index in [0.717, 1.165) is 31.0 Å². The van der Waals surface area contributed by atoms with Crippen molar-refractivity contribution in [3.8, 4) is 6.07 Å². The summed E-state index contributed by atoms with van der Waals surface area (Å²) in [6, 6.07) is 13.7. The molecule has 182 valence electrons. The van der Waals surface area contributed by atoms with Gasteiger partial charge >= 0.3 is 12.1 Å². The van der Waals surface area contributed by atoms with Crippen molar-refractivity contribution in [3.05, 3.63) is 74.7 Å². The fraction of sp³-hybridized carbons (Fsp3) is 0.217. The quantitative estimate of drug-likeness (QED) is 0.391. The monoisotopic (exact) mass is 567 g/mol. The van der Waals surface area contributed by atoms with Gasteiger partial charge in [0.2, 0.25) is 11.8 Å². The predicted molar refractivity (Wildman–Crippen MR) is 126 cm³/mol. The molecule has 0 aliphatic carbocycles. The standard InChI is InChI=1S/C23H17BrF3N3O4S/c1-34-22(33)19-18(12-5-3-2-4-6-12)14(10-28)21(30-20(19)32)35-11-17(31)29-16-8-7-13(24)9-15(16)23(25,26)27/h2-9,18-19H,11H2,1H3,(H,29,31)(H,30,32)/t18-,19+/m1/s1. The number of halogens is 4. The highest BCUT2D eigenvalue weighted by Crippen LogP contribution is 2.40. The first-order valence-electron chi connectivity index (χ1n) is 9.94. The lowest BCUT2D eigenvalue weighted by Crippen LogP contribution is -2.44. The lowest BCUT2D eigenvalue weighted by Gasteiger charge is -2.30. The van der Waals surface area contributed by atoms with Crippen LogP contribution in [0.2, 0.25) is 0 Å². The second-order valence-electron chi connectivity index (χ2n) is 7.26. The molecule has 0 aromatic heterocycles. The van der Waals surface area contributed by atoms with Gasteiger partial charge in [-0.15, -0.1) is 0 Å². The summed E-state index contributed by atoms with van der Waals surface area (Å²) in [6.07, 6.45) is -4.70. The number of anilines is 1. The fourth-order valence-corrected chi connectivity index (χ4v) is 4.73. The molecule has 12 heteroatoms. The maximum absolute atomic E-state index is 13.3. The fourth-order valence-electron chi connectivity index (χ4n) is 3.52. The molecule has 2 atom stereocenters. The first-order valence-corrected chi connectivity index (χ1v) is 11.7. The number of amides is 2. The number of thioether (sulfide) groups is 1. The number of methoxy groups -OCH3 is 1. The number of allylic oxidation sites excluding steroid dienone is 1. The first-order chi connectivity index (χ1) is 16.6. The van der Waals surface area contributed by atoms with Crippen LogP contribution in [0.15, 0.2) is 63.6 Å². The molecule has 0 fully saturated rings. The number of rotatable bonds is 6. The molecule has 0 saturated heterocycles. The molecule has 2 aromatic carbocycles. The Kier molecular flexibility index (Phi) is 8.24. The number of esters is 1. The molecule has 2 amide bonds. The lowest BCUT2D eigenvalue weighted by atomic mass is 9.78. The molecule has 2 aromatic rings. The summed E-state index contributed by atoms with van der Waals surface area (Å²) in [5.41, 5.74) is -0.912. The zero-order valence-corrected chi connectivity index (χ0v) is 20.4. The van der Waals surface area contributed by atoms with Crippen LogP contribution >= 0.6 is 27.7 Å². The zero-order chi connectivity index (χ0) is 25.8. The van der Waals surface area contributed by atoms with Crippen LogP contribution in [-0.4, -0.2) is 30.6 Å². The van der Waals surface area contributed by atoms with Gasteiger partial charge in [-0.25, -0.2) is 0 Å². The van der Waals surface area contributed by atoms with Crippen LogP contribution in [0, 0.1) is 17.2 Å². The maximum atomic E-state index is 13.3. The van der Waals surface area contributed by atoms with E-state index in [1.165, 1.54) is 6.07 Å². The summed E-state index contributed by atoms with van der Waals surface area (Å²) in [7, 11) is 1.12. The highest BCUT2D eigenvalue weighted by Gasteiger charge is 2.44. The Labute approximate surface area is 210 Å². The third-order valence-electron chi connectivity index (χ3n) is 5.05. The highest BCUT2D eigenvalue weighted by molar-refractivity contribution is 9.10. The molecule has 7 nitrogen and oxygen atoms in total. The van der Waals surface area contributed by atoms with Gasteiger partial charge in [0, 0.05) is 10.4 Å². The van der Waals surface area contributed by atoms with Crippen LogP contribution < -0.4 is 10.6 Å². The molecule has 3 rings (SSSR count). The number of hydrogen-bond acceptors (Lipinski definition) is 6. The molecule has 1 aliphatic heterocycles. The van der Waals surface area contributed by atoms with Gasteiger partial charge in [-0.3, -0.25) is 14.4 Å². The average molecular weight is 568 g/mol. The predicted octanol–water partition coefficient (Wildman–Crippen LogP) is 4.58. The van der Waals surface area contributed by atoms with Crippen molar-refractivity contribution in [2.75, 3.05) is 18.2 Å². The summed E-state index contributed by atoms with van der Waals surface area (Å²) in [4.78, 5) is 37.6. The van der Waals surface area contributed by atoms with E-state index in [2.05, 4.69) is 26.6 Å². The third-order valence-corrected chi connectivity index (χ3v) is 6.56. The Bertz CT molecular complexity index is 1230. The van der Waals surface area contributed by atoms with E-state index in [4.69, 9.17) is 4.74 Å². The molecule has 1 aliphatic rings. The lowest BCUT2D eigenvalue weighted by molar-refractivity contribution is -0.150. The van der Waals surface area contributed by atoms with Crippen LogP contribution in [0.1, 0.15) is 17.0 Å². The van der Waals surface area contributed by atoms with Gasteiger partial charge in [-0.2, -0.15) is 18.4 Å². The number of nitrogens with one attached hydrogen (secondary N) is 2. The van der Waals surface area contributed by atoms with Crippen LogP contribution in [0.3, 0.4) is 0 Å². The second kappa shape index (κ2) is 11.0. The molecule has 0 spiro atoms. The minimum atomic E-state index is -4.70. The van der Waals surface area contributed by atoms with Crippen molar-refractivity contribution in [3.63, 3.8) is 0 Å². The number of nitrogens with zero attached hydrogens (tertiary/aromatic N) is 1. The second-order valence-corrected chi connectivity index (χ2v) is 9.16. The Morgan fingerprint density at radius 3 is 2.51 bits per heavy atom. The Balaban J connectivity index is 1.87. The van der Waals surface area contributed by atoms with Gasteiger partial charge in [0.05, 0.1) is 40.8 Å². The van der Waals surface area contributed by atoms with Crippen molar-refractivity contribution in [1.82, 2.24) is 5.32 Å². The molecule has 0 radical (unpaired) electrons. The van der Waals surface area contributed by atoms with Gasteiger partial charge in [0.25, 0.3) is 0 Å². The molecule has 1 heterocycles. The molecule has 2 N–H and O–H groups in total. The van der Waals surface area contributed by atoms with Crippen molar-refractivity contribution >= 4 is 51.2 Å².